The van der Waals surface area contributed by atoms with Crippen molar-refractivity contribution in [2.45, 2.75) is 37.3 Å². The summed E-state index contributed by atoms with van der Waals surface area (Å²) in [6, 6.07) is 7.71. The standard InChI is InChI=1S/C15H17IN2O3/c16-14(20)18-15(6-3-7-15)9-17-13(19)12-8-10-4-1-2-5-11(10)21-12/h1-2,4-5,12H,3,6-9H2,(H,17,19)(H,18,20). The van der Waals surface area contributed by atoms with Gasteiger partial charge in [0.25, 0.3) is 9.82 Å². The highest BCUT2D eigenvalue weighted by Gasteiger charge is 2.39. The van der Waals surface area contributed by atoms with Gasteiger partial charge in [-0.3, -0.25) is 9.59 Å². The van der Waals surface area contributed by atoms with Crippen molar-refractivity contribution in [3.8, 4) is 5.75 Å². The van der Waals surface area contributed by atoms with E-state index in [1.165, 1.54) is 0 Å². The molecule has 1 heterocycles. The summed E-state index contributed by atoms with van der Waals surface area (Å²) in [5, 5.41) is 5.87. The van der Waals surface area contributed by atoms with Crippen LogP contribution in [0.4, 0.5) is 4.79 Å². The van der Waals surface area contributed by atoms with E-state index < -0.39 is 6.10 Å². The molecule has 0 radical (unpaired) electrons. The number of carbonyl (C=O) groups is 2. The van der Waals surface area contributed by atoms with Gasteiger partial charge in [0.2, 0.25) is 0 Å². The second-order valence-electron chi connectivity index (χ2n) is 5.67. The predicted octanol–water partition coefficient (Wildman–Crippen LogP) is 2.17. The van der Waals surface area contributed by atoms with Crippen molar-refractivity contribution in [1.82, 2.24) is 10.6 Å². The Kier molecular flexibility index (Phi) is 4.05. The first-order valence-electron chi connectivity index (χ1n) is 7.08. The number of benzene rings is 1. The summed E-state index contributed by atoms with van der Waals surface area (Å²) < 4.78 is 5.59. The molecule has 21 heavy (non-hydrogen) atoms. The van der Waals surface area contributed by atoms with Crippen molar-refractivity contribution in [2.75, 3.05) is 6.54 Å². The second kappa shape index (κ2) is 5.82. The van der Waals surface area contributed by atoms with Gasteiger partial charge in [-0.1, -0.05) is 18.2 Å². The maximum atomic E-state index is 12.2. The van der Waals surface area contributed by atoms with Gasteiger partial charge in [0.1, 0.15) is 5.75 Å². The highest BCUT2D eigenvalue weighted by atomic mass is 127. The monoisotopic (exact) mass is 400 g/mol. The van der Waals surface area contributed by atoms with Crippen molar-refractivity contribution in [2.24, 2.45) is 0 Å². The van der Waals surface area contributed by atoms with E-state index in [1.54, 1.807) is 22.6 Å². The van der Waals surface area contributed by atoms with E-state index in [9.17, 15) is 9.59 Å². The molecule has 1 fully saturated rings. The van der Waals surface area contributed by atoms with E-state index in [2.05, 4.69) is 10.6 Å². The molecule has 2 aliphatic rings. The van der Waals surface area contributed by atoms with Crippen LogP contribution in [0.25, 0.3) is 0 Å². The van der Waals surface area contributed by atoms with Crippen molar-refractivity contribution < 1.29 is 14.3 Å². The van der Waals surface area contributed by atoms with Gasteiger partial charge in [-0.2, -0.15) is 0 Å². The summed E-state index contributed by atoms with van der Waals surface area (Å²) in [6.07, 6.45) is 3.04. The summed E-state index contributed by atoms with van der Waals surface area (Å²) in [6.45, 7) is 0.469. The van der Waals surface area contributed by atoms with E-state index in [4.69, 9.17) is 4.74 Å². The first-order chi connectivity index (χ1) is 10.1. The average Bonchev–Trinajstić information content (AvgIpc) is 2.84. The predicted molar refractivity (Wildman–Crippen MR) is 86.7 cm³/mol. The van der Waals surface area contributed by atoms with Gasteiger partial charge in [-0.05, 0) is 30.9 Å². The van der Waals surface area contributed by atoms with E-state index >= 15 is 0 Å². The summed E-state index contributed by atoms with van der Waals surface area (Å²) in [5.74, 6) is 0.678. The molecule has 1 aliphatic carbocycles. The van der Waals surface area contributed by atoms with Crippen LogP contribution >= 0.6 is 22.6 Å². The minimum atomic E-state index is -0.463. The lowest BCUT2D eigenvalue weighted by Gasteiger charge is -2.42. The topological polar surface area (TPSA) is 67.4 Å². The number of carbonyl (C=O) groups excluding carboxylic acids is 2. The maximum Gasteiger partial charge on any atom is 0.281 e. The molecule has 2 N–H and O–H groups in total. The first kappa shape index (κ1) is 14.6. The van der Waals surface area contributed by atoms with Gasteiger partial charge < -0.3 is 15.4 Å². The van der Waals surface area contributed by atoms with Crippen LogP contribution in [0.1, 0.15) is 24.8 Å². The molecule has 5 nitrogen and oxygen atoms in total. The lowest BCUT2D eigenvalue weighted by Crippen LogP contribution is -2.59. The molecular weight excluding hydrogens is 383 g/mol. The zero-order valence-corrected chi connectivity index (χ0v) is 13.7. The third-order valence-electron chi connectivity index (χ3n) is 4.21. The molecule has 112 valence electrons. The molecule has 0 spiro atoms. The third-order valence-corrected chi connectivity index (χ3v) is 4.48. The molecular formula is C15H17IN2O3. The summed E-state index contributed by atoms with van der Waals surface area (Å²) in [5.41, 5.74) is 0.802. The SMILES string of the molecule is O=C(I)NC1(CNC(=O)C2Cc3ccccc3O2)CCC1. The zero-order chi connectivity index (χ0) is 14.9. The molecule has 1 aromatic rings. The first-order valence-corrected chi connectivity index (χ1v) is 8.16. The number of hydrogen-bond acceptors (Lipinski definition) is 3. The molecule has 3 rings (SSSR count). The molecule has 0 bridgehead atoms. The Balaban J connectivity index is 1.55. The molecule has 1 unspecified atom stereocenters. The minimum Gasteiger partial charge on any atom is -0.480 e. The fraction of sp³-hybridized carbons (Fsp3) is 0.467. The average molecular weight is 400 g/mol. The Hall–Kier alpha value is -1.31. The van der Waals surface area contributed by atoms with Crippen molar-refractivity contribution in [1.29, 1.82) is 0 Å². The van der Waals surface area contributed by atoms with E-state index in [0.717, 1.165) is 30.6 Å². The van der Waals surface area contributed by atoms with Crippen LogP contribution in [0.5, 0.6) is 5.75 Å². The molecule has 6 heteroatoms. The van der Waals surface area contributed by atoms with E-state index in [-0.39, 0.29) is 15.4 Å². The number of halogens is 1. The second-order valence-corrected chi connectivity index (χ2v) is 6.65. The Morgan fingerprint density at radius 2 is 2.10 bits per heavy atom. The van der Waals surface area contributed by atoms with Crippen LogP contribution in [0.15, 0.2) is 24.3 Å². The molecule has 1 aromatic carbocycles. The largest absolute Gasteiger partial charge is 0.480 e. The van der Waals surface area contributed by atoms with Gasteiger partial charge in [0.05, 0.1) is 5.54 Å². The van der Waals surface area contributed by atoms with Gasteiger partial charge >= 0.3 is 0 Å². The molecule has 0 aromatic heterocycles. The number of rotatable bonds is 4. The Bertz CT molecular complexity index is 547. The van der Waals surface area contributed by atoms with Gasteiger partial charge in [-0.15, -0.1) is 0 Å². The number of para-hydroxylation sites is 1. The number of fused-ring (bicyclic) bond motifs is 1. The van der Waals surface area contributed by atoms with Crippen LogP contribution < -0.4 is 15.4 Å². The van der Waals surface area contributed by atoms with Crippen LogP contribution in [-0.2, 0) is 11.2 Å². The van der Waals surface area contributed by atoms with Gasteiger partial charge in [-0.25, -0.2) is 0 Å². The summed E-state index contributed by atoms with van der Waals surface area (Å²) in [4.78, 5) is 23.5. The maximum absolute atomic E-state index is 12.2. The fourth-order valence-corrected chi connectivity index (χ4v) is 3.43. The van der Waals surface area contributed by atoms with Crippen molar-refractivity contribution >= 4 is 32.4 Å². The fourth-order valence-electron chi connectivity index (χ4n) is 2.86. The minimum absolute atomic E-state index is 0.0777. The summed E-state index contributed by atoms with van der Waals surface area (Å²) in [7, 11) is 0. The number of nitrogens with one attached hydrogen (secondary N) is 2. The quantitative estimate of drug-likeness (QED) is 0.463. The Morgan fingerprint density at radius 3 is 2.71 bits per heavy atom. The van der Waals surface area contributed by atoms with E-state index in [0.29, 0.717) is 13.0 Å². The van der Waals surface area contributed by atoms with Crippen molar-refractivity contribution in [3.63, 3.8) is 0 Å². The Morgan fingerprint density at radius 1 is 1.33 bits per heavy atom. The van der Waals surface area contributed by atoms with Crippen molar-refractivity contribution in [3.05, 3.63) is 29.8 Å². The molecule has 1 atom stereocenters. The van der Waals surface area contributed by atoms with Crippen LogP contribution in [0, 0.1) is 0 Å². The van der Waals surface area contributed by atoms with Crippen LogP contribution in [0.2, 0.25) is 0 Å². The van der Waals surface area contributed by atoms with Gasteiger partial charge in [0.15, 0.2) is 6.10 Å². The molecule has 1 aliphatic heterocycles. The molecule has 1 saturated carbocycles. The lowest BCUT2D eigenvalue weighted by molar-refractivity contribution is -0.127. The van der Waals surface area contributed by atoms with Crippen LogP contribution in [0.3, 0.4) is 0 Å². The molecule has 0 saturated heterocycles. The normalized spacial score (nSPS) is 21.7. The smallest absolute Gasteiger partial charge is 0.281 e. The Labute approximate surface area is 137 Å². The molecule has 2 amide bonds. The van der Waals surface area contributed by atoms with Crippen LogP contribution in [-0.4, -0.2) is 28.0 Å². The highest BCUT2D eigenvalue weighted by molar-refractivity contribution is 14.1. The summed E-state index contributed by atoms with van der Waals surface area (Å²) >= 11 is 1.73. The highest BCUT2D eigenvalue weighted by Crippen LogP contribution is 2.32. The third kappa shape index (κ3) is 3.14. The number of hydrogen-bond donors (Lipinski definition) is 2. The lowest BCUT2D eigenvalue weighted by atomic mass is 9.77. The van der Waals surface area contributed by atoms with E-state index in [1.807, 2.05) is 24.3 Å². The zero-order valence-electron chi connectivity index (χ0n) is 11.5. The number of amides is 2. The number of ether oxygens (including phenoxy) is 1. The van der Waals surface area contributed by atoms with Gasteiger partial charge in [0, 0.05) is 35.6 Å².